The monoisotopic (exact) mass is 241 g/mol. The fourth-order valence-corrected chi connectivity index (χ4v) is 2.04. The van der Waals surface area contributed by atoms with Crippen LogP contribution in [0.15, 0.2) is 10.9 Å². The number of hydrogen-bond acceptors (Lipinski definition) is 4. The normalized spacial score (nSPS) is 12.8. The first-order valence-corrected chi connectivity index (χ1v) is 6.39. The van der Waals surface area contributed by atoms with Crippen LogP contribution in [0.5, 0.6) is 0 Å². The Morgan fingerprint density at radius 1 is 1.56 bits per heavy atom. The van der Waals surface area contributed by atoms with E-state index in [0.717, 1.165) is 12.1 Å². The van der Waals surface area contributed by atoms with Gasteiger partial charge in [0, 0.05) is 19.0 Å². The van der Waals surface area contributed by atoms with E-state index in [-0.39, 0.29) is 11.9 Å². The van der Waals surface area contributed by atoms with E-state index in [2.05, 4.69) is 29.5 Å². The van der Waals surface area contributed by atoms with Gasteiger partial charge < -0.3 is 10.6 Å². The minimum Gasteiger partial charge on any atom is -0.358 e. The van der Waals surface area contributed by atoms with E-state index in [0.29, 0.717) is 12.5 Å². The number of nitrogens with one attached hydrogen (secondary N) is 2. The van der Waals surface area contributed by atoms with Crippen molar-refractivity contribution in [1.29, 1.82) is 0 Å². The lowest BCUT2D eigenvalue weighted by Gasteiger charge is -2.18. The average Bonchev–Trinajstić information content (AvgIpc) is 2.75. The molecule has 1 amide bonds. The van der Waals surface area contributed by atoms with Gasteiger partial charge in [-0.1, -0.05) is 13.8 Å². The lowest BCUT2D eigenvalue weighted by atomic mass is 10.0. The van der Waals surface area contributed by atoms with Crippen LogP contribution in [0.1, 0.15) is 26.0 Å². The van der Waals surface area contributed by atoms with Crippen molar-refractivity contribution in [2.75, 3.05) is 7.05 Å². The highest BCUT2D eigenvalue weighted by Crippen LogP contribution is 2.07. The van der Waals surface area contributed by atoms with Crippen molar-refractivity contribution in [3.63, 3.8) is 0 Å². The van der Waals surface area contributed by atoms with Crippen LogP contribution in [0.2, 0.25) is 0 Å². The van der Waals surface area contributed by atoms with E-state index in [1.165, 1.54) is 0 Å². The maximum absolute atomic E-state index is 11.6. The van der Waals surface area contributed by atoms with Gasteiger partial charge >= 0.3 is 0 Å². The molecule has 0 aliphatic rings. The Labute approximate surface area is 100 Å². The molecule has 90 valence electrons. The Hall–Kier alpha value is -0.940. The van der Waals surface area contributed by atoms with Crippen LogP contribution in [0.25, 0.3) is 0 Å². The van der Waals surface area contributed by atoms with E-state index < -0.39 is 0 Å². The largest absolute Gasteiger partial charge is 0.358 e. The molecule has 1 unspecified atom stereocenters. The van der Waals surface area contributed by atoms with Crippen molar-refractivity contribution in [1.82, 2.24) is 15.6 Å². The van der Waals surface area contributed by atoms with Crippen molar-refractivity contribution < 1.29 is 4.79 Å². The summed E-state index contributed by atoms with van der Waals surface area (Å²) in [4.78, 5) is 15.8. The fraction of sp³-hybridized carbons (Fsp3) is 0.636. The van der Waals surface area contributed by atoms with E-state index >= 15 is 0 Å². The Bertz CT molecular complexity index is 311. The summed E-state index contributed by atoms with van der Waals surface area (Å²) in [6.45, 7) is 4.87. The smallest absolute Gasteiger partial charge is 0.236 e. The van der Waals surface area contributed by atoms with Crippen LogP contribution in [-0.2, 0) is 11.3 Å². The molecule has 1 aromatic rings. The van der Waals surface area contributed by atoms with Gasteiger partial charge in [-0.3, -0.25) is 4.79 Å². The van der Waals surface area contributed by atoms with Crippen LogP contribution >= 0.6 is 11.3 Å². The molecule has 0 aliphatic carbocycles. The van der Waals surface area contributed by atoms with Gasteiger partial charge in [-0.2, -0.15) is 0 Å². The highest BCUT2D eigenvalue weighted by molar-refractivity contribution is 7.07. The standard InChI is InChI=1S/C11H19N3OS/c1-8(2)4-10(11(15)12-3)13-5-9-6-16-7-14-9/h6-8,10,13H,4-5H2,1-3H3,(H,12,15). The first-order valence-electron chi connectivity index (χ1n) is 5.45. The molecule has 0 radical (unpaired) electrons. The van der Waals surface area contributed by atoms with Gasteiger partial charge in [0.25, 0.3) is 0 Å². The molecular formula is C11H19N3OS. The second-order valence-electron chi connectivity index (χ2n) is 4.16. The number of aromatic nitrogens is 1. The van der Waals surface area contributed by atoms with Gasteiger partial charge in [-0.15, -0.1) is 11.3 Å². The van der Waals surface area contributed by atoms with Crippen molar-refractivity contribution in [3.8, 4) is 0 Å². The third kappa shape index (κ3) is 4.28. The number of thiazole rings is 1. The zero-order valence-electron chi connectivity index (χ0n) is 9.99. The first kappa shape index (κ1) is 13.1. The average molecular weight is 241 g/mol. The molecule has 1 heterocycles. The molecule has 1 rings (SSSR count). The number of likely N-dealkylation sites (N-methyl/N-ethyl adjacent to an activating group) is 1. The summed E-state index contributed by atoms with van der Waals surface area (Å²) in [5.74, 6) is 0.536. The second-order valence-corrected chi connectivity index (χ2v) is 4.88. The maximum atomic E-state index is 11.6. The van der Waals surface area contributed by atoms with Crippen molar-refractivity contribution in [3.05, 3.63) is 16.6 Å². The number of amides is 1. The number of hydrogen-bond donors (Lipinski definition) is 2. The molecule has 0 fully saturated rings. The lowest BCUT2D eigenvalue weighted by molar-refractivity contribution is -0.123. The zero-order chi connectivity index (χ0) is 12.0. The van der Waals surface area contributed by atoms with E-state index in [1.807, 2.05) is 5.38 Å². The lowest BCUT2D eigenvalue weighted by Crippen LogP contribution is -2.43. The van der Waals surface area contributed by atoms with Crippen LogP contribution < -0.4 is 10.6 Å². The molecule has 0 aliphatic heterocycles. The Balaban J connectivity index is 2.46. The third-order valence-electron chi connectivity index (χ3n) is 2.28. The summed E-state index contributed by atoms with van der Waals surface area (Å²) < 4.78 is 0. The molecule has 0 bridgehead atoms. The summed E-state index contributed by atoms with van der Waals surface area (Å²) in [7, 11) is 1.67. The first-order chi connectivity index (χ1) is 7.63. The van der Waals surface area contributed by atoms with Gasteiger partial charge in [0.1, 0.15) is 0 Å². The van der Waals surface area contributed by atoms with Gasteiger partial charge in [-0.05, 0) is 12.3 Å². The molecule has 5 heteroatoms. The van der Waals surface area contributed by atoms with Gasteiger partial charge in [0.05, 0.1) is 17.2 Å². The number of rotatable bonds is 6. The molecule has 16 heavy (non-hydrogen) atoms. The summed E-state index contributed by atoms with van der Waals surface area (Å²) >= 11 is 1.57. The number of carbonyl (C=O) groups excluding carboxylic acids is 1. The second kappa shape index (κ2) is 6.60. The molecule has 0 saturated heterocycles. The predicted molar refractivity (Wildman–Crippen MR) is 66.3 cm³/mol. The molecule has 0 spiro atoms. The molecule has 4 nitrogen and oxygen atoms in total. The number of carbonyl (C=O) groups is 1. The summed E-state index contributed by atoms with van der Waals surface area (Å²) in [6, 6.07) is -0.133. The SMILES string of the molecule is CNC(=O)C(CC(C)C)NCc1cscn1. The van der Waals surface area contributed by atoms with E-state index in [4.69, 9.17) is 0 Å². The topological polar surface area (TPSA) is 54.0 Å². The predicted octanol–water partition coefficient (Wildman–Crippen LogP) is 1.39. The molecule has 0 saturated carbocycles. The third-order valence-corrected chi connectivity index (χ3v) is 2.92. The van der Waals surface area contributed by atoms with Gasteiger partial charge in [0.2, 0.25) is 5.91 Å². The van der Waals surface area contributed by atoms with Crippen LogP contribution in [0.4, 0.5) is 0 Å². The van der Waals surface area contributed by atoms with E-state index in [1.54, 1.807) is 23.9 Å². The summed E-state index contributed by atoms with van der Waals surface area (Å²) in [5, 5.41) is 7.91. The van der Waals surface area contributed by atoms with Crippen molar-refractivity contribution in [2.45, 2.75) is 32.9 Å². The van der Waals surface area contributed by atoms with Crippen molar-refractivity contribution in [2.24, 2.45) is 5.92 Å². The van der Waals surface area contributed by atoms with Gasteiger partial charge in [-0.25, -0.2) is 4.98 Å². The van der Waals surface area contributed by atoms with Crippen molar-refractivity contribution >= 4 is 17.2 Å². The maximum Gasteiger partial charge on any atom is 0.236 e. The van der Waals surface area contributed by atoms with Crippen LogP contribution in [0.3, 0.4) is 0 Å². The summed E-state index contributed by atoms with van der Waals surface area (Å²) in [5.41, 5.74) is 2.79. The van der Waals surface area contributed by atoms with E-state index in [9.17, 15) is 4.79 Å². The molecule has 1 aromatic heterocycles. The Kier molecular flexibility index (Phi) is 5.42. The Morgan fingerprint density at radius 3 is 2.81 bits per heavy atom. The fourth-order valence-electron chi connectivity index (χ4n) is 1.48. The van der Waals surface area contributed by atoms with Gasteiger partial charge in [0.15, 0.2) is 0 Å². The minimum absolute atomic E-state index is 0.0453. The highest BCUT2D eigenvalue weighted by atomic mass is 32.1. The Morgan fingerprint density at radius 2 is 2.31 bits per heavy atom. The number of nitrogens with zero attached hydrogens (tertiary/aromatic N) is 1. The molecular weight excluding hydrogens is 222 g/mol. The minimum atomic E-state index is -0.133. The van der Waals surface area contributed by atoms with Crippen LogP contribution in [-0.4, -0.2) is 24.0 Å². The quantitative estimate of drug-likeness (QED) is 0.791. The summed E-state index contributed by atoms with van der Waals surface area (Å²) in [6.07, 6.45) is 0.837. The molecule has 0 aromatic carbocycles. The molecule has 1 atom stereocenters. The zero-order valence-corrected chi connectivity index (χ0v) is 10.8. The molecule has 2 N–H and O–H groups in total. The highest BCUT2D eigenvalue weighted by Gasteiger charge is 2.17. The van der Waals surface area contributed by atoms with Crippen LogP contribution in [0, 0.1) is 5.92 Å².